The Bertz CT molecular complexity index is 610. The van der Waals surface area contributed by atoms with Gasteiger partial charge in [0.1, 0.15) is 11.3 Å². The maximum absolute atomic E-state index is 6.23. The lowest BCUT2D eigenvalue weighted by molar-refractivity contribution is 0.424. The molecule has 0 aliphatic carbocycles. The molecule has 2 heterocycles. The van der Waals surface area contributed by atoms with Crippen LogP contribution >= 0.6 is 23.5 Å². The van der Waals surface area contributed by atoms with Gasteiger partial charge in [0.05, 0.1) is 6.04 Å². The van der Waals surface area contributed by atoms with Gasteiger partial charge in [-0.05, 0) is 25.1 Å². The molecule has 21 heavy (non-hydrogen) atoms. The fourth-order valence-electron chi connectivity index (χ4n) is 3.00. The molecule has 2 nitrogen and oxygen atoms in total. The van der Waals surface area contributed by atoms with Crippen molar-refractivity contribution in [2.24, 2.45) is 0 Å². The molecule has 1 fully saturated rings. The molecule has 1 aliphatic heterocycles. The van der Waals surface area contributed by atoms with Gasteiger partial charge in [-0.3, -0.25) is 0 Å². The van der Waals surface area contributed by atoms with E-state index in [0.29, 0.717) is 16.5 Å². The molecule has 0 radical (unpaired) electrons. The molecule has 0 spiro atoms. The van der Waals surface area contributed by atoms with Crippen LogP contribution in [0.4, 0.5) is 0 Å². The zero-order chi connectivity index (χ0) is 14.8. The second kappa shape index (κ2) is 6.67. The Kier molecular flexibility index (Phi) is 4.87. The molecule has 1 saturated heterocycles. The molecule has 1 aromatic carbocycles. The first-order chi connectivity index (χ1) is 10.2. The minimum absolute atomic E-state index is 0.301. The van der Waals surface area contributed by atoms with Crippen molar-refractivity contribution in [2.45, 2.75) is 37.3 Å². The lowest BCUT2D eigenvalue weighted by Crippen LogP contribution is -2.37. The zero-order valence-corrected chi connectivity index (χ0v) is 14.5. The van der Waals surface area contributed by atoms with Crippen molar-refractivity contribution in [1.82, 2.24) is 5.32 Å². The van der Waals surface area contributed by atoms with Gasteiger partial charge < -0.3 is 9.73 Å². The van der Waals surface area contributed by atoms with Crippen LogP contribution in [0.3, 0.4) is 0 Å². The van der Waals surface area contributed by atoms with E-state index < -0.39 is 0 Å². The van der Waals surface area contributed by atoms with E-state index in [0.717, 1.165) is 17.9 Å². The first-order valence-electron chi connectivity index (χ1n) is 7.66. The van der Waals surface area contributed by atoms with E-state index in [1.807, 2.05) is 0 Å². The van der Waals surface area contributed by atoms with Gasteiger partial charge in [0, 0.05) is 27.4 Å². The minimum Gasteiger partial charge on any atom is -0.459 e. The molecule has 1 aliphatic rings. The predicted molar refractivity (Wildman–Crippen MR) is 95.5 cm³/mol. The summed E-state index contributed by atoms with van der Waals surface area (Å²) in [7, 11) is 0. The summed E-state index contributed by atoms with van der Waals surface area (Å²) in [5, 5.41) is 6.10. The number of benzene rings is 1. The zero-order valence-electron chi connectivity index (χ0n) is 12.9. The van der Waals surface area contributed by atoms with Crippen molar-refractivity contribution in [3.05, 3.63) is 35.6 Å². The molecule has 0 saturated carbocycles. The Hall–Kier alpha value is -0.580. The smallest absolute Gasteiger partial charge is 0.137 e. The van der Waals surface area contributed by atoms with Crippen molar-refractivity contribution in [3.63, 3.8) is 0 Å². The van der Waals surface area contributed by atoms with Gasteiger partial charge in [0.2, 0.25) is 0 Å². The highest BCUT2D eigenvalue weighted by Gasteiger charge is 2.33. The summed E-state index contributed by atoms with van der Waals surface area (Å²) in [5.74, 6) is 3.59. The number of thioether (sulfide) groups is 2. The minimum atomic E-state index is 0.301. The van der Waals surface area contributed by atoms with Crippen LogP contribution in [0.2, 0.25) is 0 Å². The number of hydrogen-bond donors (Lipinski definition) is 1. The summed E-state index contributed by atoms with van der Waals surface area (Å²) in [6.45, 7) is 7.60. The number of rotatable bonds is 4. The molecule has 3 atom stereocenters. The van der Waals surface area contributed by atoms with Crippen molar-refractivity contribution < 1.29 is 4.42 Å². The number of hydrogen-bond acceptors (Lipinski definition) is 4. The molecule has 1 aromatic heterocycles. The molecule has 0 amide bonds. The standard InChI is InChI=1S/C17H23NOS2/c1-4-18-15(17-12(3)20-8-9-21-17)14-10-13-7-5-6-11(2)16(13)19-14/h5-7,10,12,15,17-18H,4,8-9H2,1-3H3. The monoisotopic (exact) mass is 321 g/mol. The number of fused-ring (bicyclic) bond motifs is 1. The van der Waals surface area contributed by atoms with E-state index >= 15 is 0 Å². The topological polar surface area (TPSA) is 25.2 Å². The van der Waals surface area contributed by atoms with Gasteiger partial charge in [0.15, 0.2) is 0 Å². The van der Waals surface area contributed by atoms with Gasteiger partial charge in [-0.25, -0.2) is 0 Å². The largest absolute Gasteiger partial charge is 0.459 e. The normalized spacial score (nSPS) is 24.3. The van der Waals surface area contributed by atoms with Crippen LogP contribution in [0.25, 0.3) is 11.0 Å². The molecular weight excluding hydrogens is 298 g/mol. The highest BCUT2D eigenvalue weighted by Crippen LogP contribution is 2.40. The predicted octanol–water partition coefficient (Wildman–Crippen LogP) is 4.63. The van der Waals surface area contributed by atoms with Crippen molar-refractivity contribution in [2.75, 3.05) is 18.1 Å². The molecule has 4 heteroatoms. The van der Waals surface area contributed by atoms with Crippen LogP contribution in [0.15, 0.2) is 28.7 Å². The van der Waals surface area contributed by atoms with Crippen LogP contribution in [-0.4, -0.2) is 28.6 Å². The Morgan fingerprint density at radius 2 is 2.14 bits per heavy atom. The number of para-hydroxylation sites is 1. The number of nitrogens with one attached hydrogen (secondary N) is 1. The van der Waals surface area contributed by atoms with Crippen LogP contribution in [0.5, 0.6) is 0 Å². The Morgan fingerprint density at radius 3 is 2.86 bits per heavy atom. The second-order valence-electron chi connectivity index (χ2n) is 5.59. The van der Waals surface area contributed by atoms with Crippen LogP contribution in [0.1, 0.15) is 31.2 Å². The third kappa shape index (κ3) is 3.13. The van der Waals surface area contributed by atoms with Crippen molar-refractivity contribution >= 4 is 34.5 Å². The van der Waals surface area contributed by atoms with Gasteiger partial charge >= 0.3 is 0 Å². The van der Waals surface area contributed by atoms with Gasteiger partial charge in [0.25, 0.3) is 0 Å². The highest BCUT2D eigenvalue weighted by atomic mass is 32.2. The van der Waals surface area contributed by atoms with E-state index in [4.69, 9.17) is 4.42 Å². The summed E-state index contributed by atoms with van der Waals surface area (Å²) < 4.78 is 6.23. The number of furan rings is 1. The third-order valence-corrected chi connectivity index (χ3v) is 7.25. The van der Waals surface area contributed by atoms with E-state index in [2.05, 4.69) is 73.9 Å². The first kappa shape index (κ1) is 15.3. The molecule has 3 rings (SSSR count). The molecule has 0 bridgehead atoms. The van der Waals surface area contributed by atoms with Crippen LogP contribution in [-0.2, 0) is 0 Å². The molecule has 2 aromatic rings. The summed E-state index contributed by atoms with van der Waals surface area (Å²) in [6.07, 6.45) is 0. The fourth-order valence-corrected chi connectivity index (χ4v) is 5.92. The average molecular weight is 322 g/mol. The number of aryl methyl sites for hydroxylation is 1. The summed E-state index contributed by atoms with van der Waals surface area (Å²) in [6, 6.07) is 8.89. The summed E-state index contributed by atoms with van der Waals surface area (Å²) in [4.78, 5) is 0. The van der Waals surface area contributed by atoms with E-state index in [1.54, 1.807) is 0 Å². The molecular formula is C17H23NOS2. The lowest BCUT2D eigenvalue weighted by atomic mass is 10.1. The van der Waals surface area contributed by atoms with Gasteiger partial charge in [-0.15, -0.1) is 0 Å². The SMILES string of the molecule is CCNC(c1cc2cccc(C)c2o1)C1SCCSC1C. The van der Waals surface area contributed by atoms with Crippen molar-refractivity contribution in [1.29, 1.82) is 0 Å². The molecule has 1 N–H and O–H groups in total. The Morgan fingerprint density at radius 1 is 1.33 bits per heavy atom. The van der Waals surface area contributed by atoms with Crippen molar-refractivity contribution in [3.8, 4) is 0 Å². The van der Waals surface area contributed by atoms with E-state index in [1.165, 1.54) is 22.5 Å². The van der Waals surface area contributed by atoms with Crippen LogP contribution in [0, 0.1) is 6.92 Å². The van der Waals surface area contributed by atoms with Gasteiger partial charge in [-0.1, -0.05) is 32.0 Å². The summed E-state index contributed by atoms with van der Waals surface area (Å²) >= 11 is 4.17. The lowest BCUT2D eigenvalue weighted by Gasteiger charge is -2.33. The van der Waals surface area contributed by atoms with Gasteiger partial charge in [-0.2, -0.15) is 23.5 Å². The molecule has 114 valence electrons. The van der Waals surface area contributed by atoms with E-state index in [-0.39, 0.29) is 0 Å². The van der Waals surface area contributed by atoms with Crippen LogP contribution < -0.4 is 5.32 Å². The first-order valence-corrected chi connectivity index (χ1v) is 9.76. The maximum Gasteiger partial charge on any atom is 0.137 e. The second-order valence-corrected chi connectivity index (χ2v) is 8.36. The molecule has 3 unspecified atom stereocenters. The maximum atomic E-state index is 6.23. The average Bonchev–Trinajstić information content (AvgIpc) is 2.91. The van der Waals surface area contributed by atoms with E-state index in [9.17, 15) is 0 Å². The third-order valence-electron chi connectivity index (χ3n) is 4.06. The summed E-state index contributed by atoms with van der Waals surface area (Å²) in [5.41, 5.74) is 2.25. The fraction of sp³-hybridized carbons (Fsp3) is 0.529. The Balaban J connectivity index is 1.96. The Labute approximate surface area is 135 Å². The highest BCUT2D eigenvalue weighted by molar-refractivity contribution is 8.07. The quantitative estimate of drug-likeness (QED) is 0.887.